The molecule has 0 unspecified atom stereocenters. The highest BCUT2D eigenvalue weighted by atomic mass is 79.9. The molecule has 1 aliphatic heterocycles. The second-order valence-electron chi connectivity index (χ2n) is 5.90. The zero-order valence-corrected chi connectivity index (χ0v) is 17.3. The molecule has 0 radical (unpaired) electrons. The van der Waals surface area contributed by atoms with E-state index in [4.69, 9.17) is 37.4 Å². The first-order valence-electron chi connectivity index (χ1n) is 7.86. The fourth-order valence-corrected chi connectivity index (χ4v) is 3.92. The van der Waals surface area contributed by atoms with Gasteiger partial charge in [-0.2, -0.15) is 0 Å². The Morgan fingerprint density at radius 1 is 1.22 bits per heavy atom. The van der Waals surface area contributed by atoms with Crippen LogP contribution in [0.3, 0.4) is 0 Å². The maximum Gasteiger partial charge on any atom is 0.303 e. The minimum absolute atomic E-state index is 0.301. The van der Waals surface area contributed by atoms with Gasteiger partial charge in [-0.3, -0.25) is 14.2 Å². The molecule has 4 atom stereocenters. The Balaban J connectivity index is 2.12. The highest BCUT2D eigenvalue weighted by Gasteiger charge is 2.50. The van der Waals surface area contributed by atoms with Gasteiger partial charge in [0.15, 0.2) is 23.2 Å². The molecular formula is C16H15BrCl2N2O6. The molecule has 1 N–H and O–H groups in total. The van der Waals surface area contributed by atoms with Gasteiger partial charge in [-0.25, -0.2) is 4.98 Å². The van der Waals surface area contributed by atoms with Crippen molar-refractivity contribution in [1.29, 1.82) is 0 Å². The molecule has 0 spiro atoms. The van der Waals surface area contributed by atoms with Crippen molar-refractivity contribution in [2.45, 2.75) is 38.4 Å². The van der Waals surface area contributed by atoms with Gasteiger partial charge in [0.05, 0.1) is 27.7 Å². The van der Waals surface area contributed by atoms with E-state index in [1.807, 2.05) is 0 Å². The molecule has 0 saturated carbocycles. The molecular weight excluding hydrogens is 467 g/mol. The van der Waals surface area contributed by atoms with Crippen molar-refractivity contribution in [1.82, 2.24) is 9.55 Å². The molecule has 146 valence electrons. The van der Waals surface area contributed by atoms with Crippen molar-refractivity contribution < 1.29 is 28.9 Å². The van der Waals surface area contributed by atoms with Crippen molar-refractivity contribution in [3.05, 3.63) is 26.9 Å². The van der Waals surface area contributed by atoms with E-state index in [0.717, 1.165) is 0 Å². The minimum Gasteiger partial charge on any atom is -0.456 e. The molecule has 3 rings (SSSR count). The maximum atomic E-state index is 11.6. The number of carbonyl (C=O) groups is 2. The maximum absolute atomic E-state index is 11.6. The molecule has 1 saturated heterocycles. The van der Waals surface area contributed by atoms with Crippen LogP contribution >= 0.6 is 39.1 Å². The number of aromatic nitrogens is 2. The van der Waals surface area contributed by atoms with Gasteiger partial charge < -0.3 is 19.3 Å². The van der Waals surface area contributed by atoms with E-state index in [1.54, 1.807) is 16.7 Å². The van der Waals surface area contributed by atoms with E-state index >= 15 is 0 Å². The van der Waals surface area contributed by atoms with Gasteiger partial charge in [0, 0.05) is 13.8 Å². The number of aliphatic hydroxyl groups excluding tert-OH is 1. The molecule has 1 aliphatic rings. The minimum atomic E-state index is -1.01. The summed E-state index contributed by atoms with van der Waals surface area (Å²) in [7, 11) is 0. The summed E-state index contributed by atoms with van der Waals surface area (Å²) < 4.78 is 18.4. The first kappa shape index (κ1) is 20.3. The van der Waals surface area contributed by atoms with Crippen LogP contribution in [0.5, 0.6) is 0 Å². The van der Waals surface area contributed by atoms with E-state index < -0.39 is 43.1 Å². The SMILES string of the molecule is CC(=O)O[C@@H]1[C@H](OC(C)=O)[C@@H](n2c(Br)nc3cc(Cl)c(Cl)cc32)O[C@H]1CO. The van der Waals surface area contributed by atoms with Crippen LogP contribution in [0, 0.1) is 0 Å². The van der Waals surface area contributed by atoms with Crippen molar-refractivity contribution in [3.63, 3.8) is 0 Å². The fourth-order valence-electron chi connectivity index (χ4n) is 3.02. The van der Waals surface area contributed by atoms with Gasteiger partial charge in [0.2, 0.25) is 0 Å². The van der Waals surface area contributed by atoms with E-state index in [9.17, 15) is 14.7 Å². The number of esters is 2. The summed E-state index contributed by atoms with van der Waals surface area (Å²) >= 11 is 15.5. The average molecular weight is 482 g/mol. The largest absolute Gasteiger partial charge is 0.456 e. The second kappa shape index (κ2) is 7.92. The highest BCUT2D eigenvalue weighted by Crippen LogP contribution is 2.39. The number of hydrogen-bond donors (Lipinski definition) is 1. The lowest BCUT2D eigenvalue weighted by molar-refractivity contribution is -0.165. The predicted octanol–water partition coefficient (Wildman–Crippen LogP) is 2.86. The standard InChI is InChI=1S/C16H15BrCl2N2O6/c1-6(23)25-13-12(5-22)27-15(14(13)26-7(2)24)21-11-4-9(19)8(18)3-10(11)20-16(21)17/h3-4,12-15,22H,5H2,1-2H3/t12-,13-,14-,15-/m0/s1. The summed E-state index contributed by atoms with van der Waals surface area (Å²) in [5.41, 5.74) is 1.08. The molecule has 2 aromatic rings. The number of carbonyl (C=O) groups excluding carboxylic acids is 2. The number of ether oxygens (including phenoxy) is 3. The summed E-state index contributed by atoms with van der Waals surface area (Å²) in [5.74, 6) is -1.19. The Labute approximate surface area is 172 Å². The zero-order chi connectivity index (χ0) is 19.9. The Kier molecular flexibility index (Phi) is 5.97. The van der Waals surface area contributed by atoms with E-state index in [0.29, 0.717) is 25.8 Å². The zero-order valence-electron chi connectivity index (χ0n) is 14.2. The fraction of sp³-hybridized carbons (Fsp3) is 0.438. The normalized spacial score (nSPS) is 25.0. The summed E-state index contributed by atoms with van der Waals surface area (Å²) in [6, 6.07) is 3.18. The molecule has 0 aliphatic carbocycles. The van der Waals surface area contributed by atoms with Gasteiger partial charge in [-0.1, -0.05) is 23.2 Å². The Hall–Kier alpha value is -1.39. The number of nitrogens with zero attached hydrogens (tertiary/aromatic N) is 2. The van der Waals surface area contributed by atoms with Crippen molar-refractivity contribution >= 4 is 62.1 Å². The monoisotopic (exact) mass is 480 g/mol. The molecule has 1 aromatic heterocycles. The summed E-state index contributed by atoms with van der Waals surface area (Å²) in [6.07, 6.45) is -3.82. The van der Waals surface area contributed by atoms with E-state index in [-0.39, 0.29) is 0 Å². The number of benzene rings is 1. The van der Waals surface area contributed by atoms with Gasteiger partial charge in [-0.05, 0) is 28.1 Å². The van der Waals surface area contributed by atoms with Gasteiger partial charge in [-0.15, -0.1) is 0 Å². The Morgan fingerprint density at radius 2 is 1.81 bits per heavy atom. The van der Waals surface area contributed by atoms with Crippen LogP contribution in [0.2, 0.25) is 10.0 Å². The number of hydrogen-bond acceptors (Lipinski definition) is 7. The quantitative estimate of drug-likeness (QED) is 0.670. The van der Waals surface area contributed by atoms with Crippen LogP contribution in [0.4, 0.5) is 0 Å². The highest BCUT2D eigenvalue weighted by molar-refractivity contribution is 9.10. The average Bonchev–Trinajstić information content (AvgIpc) is 3.04. The first-order valence-corrected chi connectivity index (χ1v) is 9.41. The van der Waals surface area contributed by atoms with E-state index in [2.05, 4.69) is 20.9 Å². The smallest absolute Gasteiger partial charge is 0.303 e. The Bertz CT molecular complexity index is 905. The molecule has 27 heavy (non-hydrogen) atoms. The van der Waals surface area contributed by atoms with Crippen LogP contribution < -0.4 is 0 Å². The molecule has 11 heteroatoms. The van der Waals surface area contributed by atoms with Crippen LogP contribution in [-0.2, 0) is 23.8 Å². The summed E-state index contributed by atoms with van der Waals surface area (Å²) in [5, 5.41) is 10.3. The van der Waals surface area contributed by atoms with Gasteiger partial charge in [0.25, 0.3) is 0 Å². The van der Waals surface area contributed by atoms with Crippen LogP contribution in [0.25, 0.3) is 11.0 Å². The van der Waals surface area contributed by atoms with Gasteiger partial charge >= 0.3 is 11.9 Å². The lowest BCUT2D eigenvalue weighted by Gasteiger charge is -2.24. The number of rotatable bonds is 4. The first-order chi connectivity index (χ1) is 12.7. The molecule has 2 heterocycles. The van der Waals surface area contributed by atoms with Crippen LogP contribution in [-0.4, -0.2) is 51.5 Å². The number of imidazole rings is 1. The predicted molar refractivity (Wildman–Crippen MR) is 99.6 cm³/mol. The lowest BCUT2D eigenvalue weighted by atomic mass is 10.1. The molecule has 1 fully saturated rings. The van der Waals surface area contributed by atoms with E-state index in [1.165, 1.54) is 13.8 Å². The molecule has 0 amide bonds. The van der Waals surface area contributed by atoms with Gasteiger partial charge in [0.1, 0.15) is 6.10 Å². The molecule has 1 aromatic carbocycles. The second-order valence-corrected chi connectivity index (χ2v) is 7.43. The van der Waals surface area contributed by atoms with Crippen molar-refractivity contribution in [2.75, 3.05) is 6.61 Å². The van der Waals surface area contributed by atoms with Crippen LogP contribution in [0.1, 0.15) is 20.1 Å². The Morgan fingerprint density at radius 3 is 2.41 bits per heavy atom. The molecule has 8 nitrogen and oxygen atoms in total. The summed E-state index contributed by atoms with van der Waals surface area (Å²) in [4.78, 5) is 27.5. The third-order valence-electron chi connectivity index (χ3n) is 4.01. The van der Waals surface area contributed by atoms with Crippen molar-refractivity contribution in [3.8, 4) is 0 Å². The number of halogens is 3. The summed E-state index contributed by atoms with van der Waals surface area (Å²) in [6.45, 7) is 2.01. The third kappa shape index (κ3) is 3.93. The number of fused-ring (bicyclic) bond motifs is 1. The molecule has 0 bridgehead atoms. The number of aliphatic hydroxyl groups is 1. The lowest BCUT2D eigenvalue weighted by Crippen LogP contribution is -2.40. The van der Waals surface area contributed by atoms with Crippen molar-refractivity contribution in [2.24, 2.45) is 0 Å². The van der Waals surface area contributed by atoms with Crippen LogP contribution in [0.15, 0.2) is 16.9 Å². The third-order valence-corrected chi connectivity index (χ3v) is 5.29. The topological polar surface area (TPSA) is 99.9 Å².